The van der Waals surface area contributed by atoms with Crippen LogP contribution in [0.2, 0.25) is 0 Å². The molecule has 0 aliphatic rings. The van der Waals surface area contributed by atoms with Crippen LogP contribution in [0.4, 0.5) is 5.69 Å². The van der Waals surface area contributed by atoms with Crippen molar-refractivity contribution in [2.75, 3.05) is 5.73 Å². The molecule has 0 amide bonds. The van der Waals surface area contributed by atoms with Gasteiger partial charge in [0, 0.05) is 16.3 Å². The Hall–Kier alpha value is -1.41. The summed E-state index contributed by atoms with van der Waals surface area (Å²) in [6.45, 7) is 4.31. The molecule has 2 rings (SSSR count). The molecule has 2 N–H and O–H groups in total. The summed E-state index contributed by atoms with van der Waals surface area (Å²) in [6.07, 6.45) is 1.10. The Balaban J connectivity index is 2.04. The van der Waals surface area contributed by atoms with Gasteiger partial charge < -0.3 is 5.73 Å². The first-order valence-electron chi connectivity index (χ1n) is 6.26. The van der Waals surface area contributed by atoms with Gasteiger partial charge in [0.25, 0.3) is 0 Å². The summed E-state index contributed by atoms with van der Waals surface area (Å²) < 4.78 is 0. The third-order valence-corrected chi connectivity index (χ3v) is 4.27. The molecule has 0 aromatic heterocycles. The fourth-order valence-electron chi connectivity index (χ4n) is 1.80. The predicted octanol–water partition coefficient (Wildman–Crippen LogP) is 4.43. The van der Waals surface area contributed by atoms with E-state index in [-0.39, 0.29) is 0 Å². The van der Waals surface area contributed by atoms with Crippen LogP contribution in [0.15, 0.2) is 47.4 Å². The van der Waals surface area contributed by atoms with E-state index in [1.54, 1.807) is 0 Å². The number of hydrogen-bond acceptors (Lipinski definition) is 2. The molecule has 0 fully saturated rings. The van der Waals surface area contributed by atoms with Gasteiger partial charge in [0.15, 0.2) is 0 Å². The molecule has 0 atom stereocenters. The summed E-state index contributed by atoms with van der Waals surface area (Å²) in [7, 11) is 0. The molecular weight excluding hydrogens is 238 g/mol. The first-order valence-corrected chi connectivity index (χ1v) is 7.24. The van der Waals surface area contributed by atoms with Crippen LogP contribution >= 0.6 is 11.8 Å². The summed E-state index contributed by atoms with van der Waals surface area (Å²) in [4.78, 5) is 1.27. The number of nitrogens with two attached hydrogens (primary N) is 1. The van der Waals surface area contributed by atoms with E-state index in [1.165, 1.54) is 21.6 Å². The van der Waals surface area contributed by atoms with Gasteiger partial charge in [-0.05, 0) is 42.2 Å². The fraction of sp³-hybridized carbons (Fsp3) is 0.250. The number of rotatable bonds is 4. The van der Waals surface area contributed by atoms with Crippen molar-refractivity contribution < 1.29 is 0 Å². The van der Waals surface area contributed by atoms with Crippen LogP contribution in [-0.2, 0) is 12.2 Å². The topological polar surface area (TPSA) is 26.0 Å². The summed E-state index contributed by atoms with van der Waals surface area (Å²) in [6, 6.07) is 14.9. The normalized spacial score (nSPS) is 10.6. The van der Waals surface area contributed by atoms with Crippen molar-refractivity contribution in [3.05, 3.63) is 59.2 Å². The lowest BCUT2D eigenvalue weighted by atomic mass is 10.1. The first-order chi connectivity index (χ1) is 8.69. The van der Waals surface area contributed by atoms with Crippen molar-refractivity contribution >= 4 is 17.4 Å². The lowest BCUT2D eigenvalue weighted by molar-refractivity contribution is 1.13. The van der Waals surface area contributed by atoms with Crippen molar-refractivity contribution in [3.8, 4) is 0 Å². The minimum Gasteiger partial charge on any atom is -0.399 e. The van der Waals surface area contributed by atoms with Gasteiger partial charge in [0.05, 0.1) is 0 Å². The van der Waals surface area contributed by atoms with Gasteiger partial charge in [-0.3, -0.25) is 0 Å². The zero-order chi connectivity index (χ0) is 13.0. The Morgan fingerprint density at radius 1 is 1.00 bits per heavy atom. The molecule has 0 bridgehead atoms. The molecule has 0 aliphatic carbocycles. The number of nitrogen functional groups attached to an aromatic ring is 1. The van der Waals surface area contributed by atoms with E-state index in [4.69, 9.17) is 5.73 Å². The van der Waals surface area contributed by atoms with Crippen molar-refractivity contribution in [1.82, 2.24) is 0 Å². The molecule has 0 saturated heterocycles. The van der Waals surface area contributed by atoms with Crippen LogP contribution in [-0.4, -0.2) is 0 Å². The molecule has 0 unspecified atom stereocenters. The highest BCUT2D eigenvalue weighted by molar-refractivity contribution is 7.98. The highest BCUT2D eigenvalue weighted by Gasteiger charge is 2.01. The zero-order valence-electron chi connectivity index (χ0n) is 10.9. The Kier molecular flexibility index (Phi) is 4.32. The SMILES string of the molecule is CCc1ccc(CSc2cc(N)ccc2C)cc1. The maximum atomic E-state index is 5.82. The van der Waals surface area contributed by atoms with Crippen LogP contribution in [0, 0.1) is 6.92 Å². The third-order valence-electron chi connectivity index (χ3n) is 3.04. The molecule has 2 heteroatoms. The number of thioether (sulfide) groups is 1. The van der Waals surface area contributed by atoms with Gasteiger partial charge in [-0.2, -0.15) is 0 Å². The molecule has 0 spiro atoms. The summed E-state index contributed by atoms with van der Waals surface area (Å²) in [5.41, 5.74) is 10.7. The van der Waals surface area contributed by atoms with Crippen molar-refractivity contribution in [2.45, 2.75) is 30.9 Å². The average molecular weight is 257 g/mol. The molecule has 0 radical (unpaired) electrons. The first kappa shape index (κ1) is 13.0. The summed E-state index contributed by atoms with van der Waals surface area (Å²) in [5.74, 6) is 0.994. The van der Waals surface area contributed by atoms with E-state index in [9.17, 15) is 0 Å². The molecule has 0 heterocycles. The number of anilines is 1. The third kappa shape index (κ3) is 3.30. The van der Waals surface area contributed by atoms with Gasteiger partial charge in [-0.25, -0.2) is 0 Å². The maximum absolute atomic E-state index is 5.82. The second-order valence-electron chi connectivity index (χ2n) is 4.48. The molecule has 2 aromatic carbocycles. The van der Waals surface area contributed by atoms with E-state index in [0.717, 1.165) is 17.9 Å². The molecule has 18 heavy (non-hydrogen) atoms. The molecule has 94 valence electrons. The standard InChI is InChI=1S/C16H19NS/c1-3-13-5-7-14(8-6-13)11-18-16-10-15(17)9-4-12(16)2/h4-10H,3,11,17H2,1-2H3. The molecule has 0 aliphatic heterocycles. The minimum atomic E-state index is 0.837. The predicted molar refractivity (Wildman–Crippen MR) is 81.0 cm³/mol. The Labute approximate surface area is 113 Å². The monoisotopic (exact) mass is 257 g/mol. The van der Waals surface area contributed by atoms with Crippen molar-refractivity contribution in [3.63, 3.8) is 0 Å². The van der Waals surface area contributed by atoms with Crippen LogP contribution in [0.5, 0.6) is 0 Å². The highest BCUT2D eigenvalue weighted by atomic mass is 32.2. The largest absolute Gasteiger partial charge is 0.399 e. The minimum absolute atomic E-state index is 0.837. The van der Waals surface area contributed by atoms with Crippen LogP contribution < -0.4 is 5.73 Å². The van der Waals surface area contributed by atoms with Gasteiger partial charge in [0.2, 0.25) is 0 Å². The second-order valence-corrected chi connectivity index (χ2v) is 5.50. The second kappa shape index (κ2) is 5.96. The number of hydrogen-bond donors (Lipinski definition) is 1. The molecular formula is C16H19NS. The Bertz CT molecular complexity index is 517. The smallest absolute Gasteiger partial charge is 0.0325 e. The van der Waals surface area contributed by atoms with Crippen LogP contribution in [0.3, 0.4) is 0 Å². The van der Waals surface area contributed by atoms with Gasteiger partial charge >= 0.3 is 0 Å². The number of benzene rings is 2. The van der Waals surface area contributed by atoms with E-state index in [1.807, 2.05) is 17.8 Å². The van der Waals surface area contributed by atoms with Crippen LogP contribution in [0.1, 0.15) is 23.6 Å². The summed E-state index contributed by atoms with van der Waals surface area (Å²) in [5, 5.41) is 0. The maximum Gasteiger partial charge on any atom is 0.0325 e. The quantitative estimate of drug-likeness (QED) is 0.647. The average Bonchev–Trinajstić information content (AvgIpc) is 2.40. The van der Waals surface area contributed by atoms with E-state index in [2.05, 4.69) is 50.2 Å². The van der Waals surface area contributed by atoms with Crippen molar-refractivity contribution in [2.24, 2.45) is 0 Å². The van der Waals surface area contributed by atoms with E-state index < -0.39 is 0 Å². The molecule has 1 nitrogen and oxygen atoms in total. The molecule has 2 aromatic rings. The summed E-state index contributed by atoms with van der Waals surface area (Å²) >= 11 is 1.85. The van der Waals surface area contributed by atoms with E-state index in [0.29, 0.717) is 0 Å². The lowest BCUT2D eigenvalue weighted by Crippen LogP contribution is -1.88. The Morgan fingerprint density at radius 3 is 2.33 bits per heavy atom. The Morgan fingerprint density at radius 2 is 1.67 bits per heavy atom. The van der Waals surface area contributed by atoms with Gasteiger partial charge in [-0.15, -0.1) is 11.8 Å². The highest BCUT2D eigenvalue weighted by Crippen LogP contribution is 2.27. The van der Waals surface area contributed by atoms with Gasteiger partial charge in [0.1, 0.15) is 0 Å². The fourth-order valence-corrected chi connectivity index (χ4v) is 2.83. The zero-order valence-corrected chi connectivity index (χ0v) is 11.8. The lowest BCUT2D eigenvalue weighted by Gasteiger charge is -2.07. The van der Waals surface area contributed by atoms with Crippen molar-refractivity contribution in [1.29, 1.82) is 0 Å². The molecule has 0 saturated carbocycles. The van der Waals surface area contributed by atoms with Crippen LogP contribution in [0.25, 0.3) is 0 Å². The van der Waals surface area contributed by atoms with Gasteiger partial charge in [-0.1, -0.05) is 37.3 Å². The number of aryl methyl sites for hydroxylation is 2. The van der Waals surface area contributed by atoms with E-state index >= 15 is 0 Å².